The summed E-state index contributed by atoms with van der Waals surface area (Å²) in [5.74, 6) is 0.843. The van der Waals surface area contributed by atoms with Gasteiger partial charge in [-0.15, -0.1) is 0 Å². The van der Waals surface area contributed by atoms with E-state index in [1.165, 1.54) is 5.56 Å². The van der Waals surface area contributed by atoms with Crippen molar-refractivity contribution >= 4 is 11.6 Å². The highest BCUT2D eigenvalue weighted by Crippen LogP contribution is 2.21. The molecule has 0 saturated heterocycles. The van der Waals surface area contributed by atoms with Crippen LogP contribution in [0.1, 0.15) is 16.7 Å². The third-order valence-corrected chi connectivity index (χ3v) is 3.78. The number of nitrogens with zero attached hydrogens (tertiary/aromatic N) is 1. The molecule has 0 radical (unpaired) electrons. The number of methoxy groups -OCH3 is 1. The Bertz CT molecular complexity index is 601. The predicted octanol–water partition coefficient (Wildman–Crippen LogP) is 3.44. The molecule has 2 rings (SSSR count). The van der Waals surface area contributed by atoms with Gasteiger partial charge in [-0.2, -0.15) is 0 Å². The average molecular weight is 305 g/mol. The highest BCUT2D eigenvalue weighted by atomic mass is 35.5. The fraction of sp³-hybridized carbons (Fsp3) is 0.294. The van der Waals surface area contributed by atoms with Crippen molar-refractivity contribution in [2.24, 2.45) is 5.73 Å². The van der Waals surface area contributed by atoms with Gasteiger partial charge in [0, 0.05) is 30.2 Å². The van der Waals surface area contributed by atoms with E-state index in [1.54, 1.807) is 7.11 Å². The van der Waals surface area contributed by atoms with Gasteiger partial charge in [-0.1, -0.05) is 35.9 Å². The van der Waals surface area contributed by atoms with Gasteiger partial charge >= 0.3 is 0 Å². The Balaban J connectivity index is 2.06. The second-order valence-corrected chi connectivity index (χ2v) is 5.52. The van der Waals surface area contributed by atoms with Gasteiger partial charge in [-0.05, 0) is 36.4 Å². The van der Waals surface area contributed by atoms with Gasteiger partial charge in [0.2, 0.25) is 0 Å². The van der Waals surface area contributed by atoms with E-state index < -0.39 is 0 Å². The van der Waals surface area contributed by atoms with E-state index in [1.807, 2.05) is 24.3 Å². The van der Waals surface area contributed by atoms with Crippen LogP contribution in [0.4, 0.5) is 0 Å². The molecule has 4 heteroatoms. The van der Waals surface area contributed by atoms with Crippen molar-refractivity contribution in [3.63, 3.8) is 0 Å². The Kier molecular flexibility index (Phi) is 5.62. The Morgan fingerprint density at radius 2 is 1.86 bits per heavy atom. The molecule has 0 spiro atoms. The fourth-order valence-corrected chi connectivity index (χ4v) is 2.57. The number of halogens is 1. The maximum Gasteiger partial charge on any atom is 0.123 e. The first-order valence-electron chi connectivity index (χ1n) is 6.92. The molecule has 0 amide bonds. The van der Waals surface area contributed by atoms with Crippen LogP contribution < -0.4 is 10.5 Å². The van der Waals surface area contributed by atoms with Gasteiger partial charge < -0.3 is 10.5 Å². The predicted molar refractivity (Wildman–Crippen MR) is 87.5 cm³/mol. The monoisotopic (exact) mass is 304 g/mol. The van der Waals surface area contributed by atoms with Crippen LogP contribution in [0.5, 0.6) is 5.75 Å². The molecule has 0 aliphatic heterocycles. The van der Waals surface area contributed by atoms with E-state index in [0.29, 0.717) is 6.54 Å². The van der Waals surface area contributed by atoms with Crippen molar-refractivity contribution in [2.75, 3.05) is 14.2 Å². The summed E-state index contributed by atoms with van der Waals surface area (Å²) in [5.41, 5.74) is 9.13. The van der Waals surface area contributed by atoms with Crippen LogP contribution in [0, 0.1) is 0 Å². The molecule has 2 N–H and O–H groups in total. The van der Waals surface area contributed by atoms with Crippen LogP contribution in [-0.2, 0) is 19.6 Å². The molecule has 0 unspecified atom stereocenters. The number of hydrogen-bond donors (Lipinski definition) is 1. The second kappa shape index (κ2) is 7.46. The molecule has 112 valence electrons. The largest absolute Gasteiger partial charge is 0.496 e. The summed E-state index contributed by atoms with van der Waals surface area (Å²) in [7, 11) is 3.74. The summed E-state index contributed by atoms with van der Waals surface area (Å²) in [5, 5.41) is 0.807. The molecule has 2 aromatic rings. The van der Waals surface area contributed by atoms with E-state index in [9.17, 15) is 0 Å². The number of rotatable bonds is 6. The molecule has 0 aliphatic carbocycles. The molecule has 0 saturated carbocycles. The molecule has 0 atom stereocenters. The SMILES string of the molecule is COc1ccc(CN(C)Cc2ccccc2Cl)cc1CN. The van der Waals surface area contributed by atoms with Crippen LogP contribution in [0.3, 0.4) is 0 Å². The highest BCUT2D eigenvalue weighted by Gasteiger charge is 2.07. The topological polar surface area (TPSA) is 38.5 Å². The maximum absolute atomic E-state index is 6.20. The zero-order chi connectivity index (χ0) is 15.2. The van der Waals surface area contributed by atoms with Gasteiger partial charge in [-0.3, -0.25) is 4.90 Å². The number of hydrogen-bond acceptors (Lipinski definition) is 3. The third-order valence-electron chi connectivity index (χ3n) is 3.42. The standard InChI is InChI=1S/C17H21ClN2O/c1-20(12-14-5-3-4-6-16(14)18)11-13-7-8-17(21-2)15(9-13)10-19/h3-9H,10-12,19H2,1-2H3. The average Bonchev–Trinajstić information content (AvgIpc) is 2.49. The van der Waals surface area contributed by atoms with Crippen molar-refractivity contribution in [1.82, 2.24) is 4.90 Å². The van der Waals surface area contributed by atoms with Crippen LogP contribution in [0.15, 0.2) is 42.5 Å². The summed E-state index contributed by atoms with van der Waals surface area (Å²) in [4.78, 5) is 2.23. The summed E-state index contributed by atoms with van der Waals surface area (Å²) in [6.07, 6.45) is 0. The Morgan fingerprint density at radius 1 is 1.10 bits per heavy atom. The minimum atomic E-state index is 0.477. The molecule has 0 aliphatic rings. The lowest BCUT2D eigenvalue weighted by Gasteiger charge is -2.18. The van der Waals surface area contributed by atoms with Gasteiger partial charge in [0.05, 0.1) is 7.11 Å². The first-order chi connectivity index (χ1) is 10.1. The van der Waals surface area contributed by atoms with Crippen LogP contribution in [0.25, 0.3) is 0 Å². The lowest BCUT2D eigenvalue weighted by atomic mass is 10.1. The number of ether oxygens (including phenoxy) is 1. The first kappa shape index (κ1) is 15.8. The fourth-order valence-electron chi connectivity index (χ4n) is 2.37. The molecule has 0 fully saturated rings. The highest BCUT2D eigenvalue weighted by molar-refractivity contribution is 6.31. The molecule has 2 aromatic carbocycles. The second-order valence-electron chi connectivity index (χ2n) is 5.11. The molecule has 0 bridgehead atoms. The van der Waals surface area contributed by atoms with E-state index in [0.717, 1.165) is 35.0 Å². The minimum Gasteiger partial charge on any atom is -0.496 e. The maximum atomic E-state index is 6.20. The molecular formula is C17H21ClN2O. The summed E-state index contributed by atoms with van der Waals surface area (Å²) in [6, 6.07) is 14.1. The lowest BCUT2D eigenvalue weighted by molar-refractivity contribution is 0.318. The zero-order valence-corrected chi connectivity index (χ0v) is 13.2. The molecular weight excluding hydrogens is 284 g/mol. The van der Waals surface area contributed by atoms with Gasteiger partial charge in [0.25, 0.3) is 0 Å². The molecule has 21 heavy (non-hydrogen) atoms. The summed E-state index contributed by atoms with van der Waals surface area (Å²) in [6.45, 7) is 2.12. The lowest BCUT2D eigenvalue weighted by Crippen LogP contribution is -2.17. The van der Waals surface area contributed by atoms with Gasteiger partial charge in [0.15, 0.2) is 0 Å². The molecule has 0 aromatic heterocycles. The third kappa shape index (κ3) is 4.21. The van der Waals surface area contributed by atoms with E-state index >= 15 is 0 Å². The zero-order valence-electron chi connectivity index (χ0n) is 12.5. The van der Waals surface area contributed by atoms with Crippen molar-refractivity contribution in [3.8, 4) is 5.75 Å². The molecule has 0 heterocycles. The van der Waals surface area contributed by atoms with Crippen molar-refractivity contribution in [1.29, 1.82) is 0 Å². The Morgan fingerprint density at radius 3 is 2.52 bits per heavy atom. The van der Waals surface area contributed by atoms with E-state index in [-0.39, 0.29) is 0 Å². The number of nitrogens with two attached hydrogens (primary N) is 1. The van der Waals surface area contributed by atoms with Crippen molar-refractivity contribution < 1.29 is 4.74 Å². The van der Waals surface area contributed by atoms with Crippen LogP contribution in [-0.4, -0.2) is 19.1 Å². The Hall–Kier alpha value is -1.55. The van der Waals surface area contributed by atoms with Crippen LogP contribution >= 0.6 is 11.6 Å². The van der Waals surface area contributed by atoms with Gasteiger partial charge in [-0.25, -0.2) is 0 Å². The van der Waals surface area contributed by atoms with Crippen molar-refractivity contribution in [3.05, 3.63) is 64.2 Å². The normalized spacial score (nSPS) is 10.9. The quantitative estimate of drug-likeness (QED) is 0.888. The van der Waals surface area contributed by atoms with E-state index in [2.05, 4.69) is 30.1 Å². The Labute approximate surface area is 131 Å². The van der Waals surface area contributed by atoms with E-state index in [4.69, 9.17) is 22.1 Å². The minimum absolute atomic E-state index is 0.477. The smallest absolute Gasteiger partial charge is 0.123 e. The van der Waals surface area contributed by atoms with Gasteiger partial charge in [0.1, 0.15) is 5.75 Å². The number of benzene rings is 2. The first-order valence-corrected chi connectivity index (χ1v) is 7.29. The summed E-state index contributed by atoms with van der Waals surface area (Å²) >= 11 is 6.20. The molecule has 3 nitrogen and oxygen atoms in total. The van der Waals surface area contributed by atoms with Crippen LogP contribution in [0.2, 0.25) is 5.02 Å². The summed E-state index contributed by atoms with van der Waals surface area (Å²) < 4.78 is 5.30. The van der Waals surface area contributed by atoms with Crippen molar-refractivity contribution in [2.45, 2.75) is 19.6 Å².